The van der Waals surface area contributed by atoms with Crippen molar-refractivity contribution in [3.8, 4) is 5.75 Å². The highest BCUT2D eigenvalue weighted by Crippen LogP contribution is 2.38. The largest absolute Gasteiger partial charge is 0.496 e. The summed E-state index contributed by atoms with van der Waals surface area (Å²) in [5.41, 5.74) is 10.1. The molecule has 0 spiro atoms. The van der Waals surface area contributed by atoms with E-state index in [1.54, 1.807) is 7.11 Å². The molecule has 2 nitrogen and oxygen atoms in total. The number of ether oxygens (including phenoxy) is 1. The number of hydrogen-bond acceptors (Lipinski definition) is 2. The van der Waals surface area contributed by atoms with E-state index in [1.807, 2.05) is 0 Å². The predicted molar refractivity (Wildman–Crippen MR) is 57.6 cm³/mol. The summed E-state index contributed by atoms with van der Waals surface area (Å²) in [6, 6.07) is 4.42. The summed E-state index contributed by atoms with van der Waals surface area (Å²) >= 11 is 0. The molecule has 2 rings (SSSR count). The van der Waals surface area contributed by atoms with Gasteiger partial charge in [0.05, 0.1) is 7.11 Å². The van der Waals surface area contributed by atoms with Gasteiger partial charge in [-0.3, -0.25) is 0 Å². The van der Waals surface area contributed by atoms with Crippen LogP contribution in [0.5, 0.6) is 5.75 Å². The molecule has 0 amide bonds. The fourth-order valence-electron chi connectivity index (χ4n) is 2.36. The molecule has 1 aromatic rings. The Bertz CT molecular complexity index is 346. The maximum atomic E-state index is 6.09. The van der Waals surface area contributed by atoms with Crippen molar-refractivity contribution < 1.29 is 4.74 Å². The van der Waals surface area contributed by atoms with Crippen LogP contribution < -0.4 is 10.5 Å². The van der Waals surface area contributed by atoms with Crippen LogP contribution in [0.1, 0.15) is 36.1 Å². The monoisotopic (exact) mass is 191 g/mol. The third-order valence-electron chi connectivity index (χ3n) is 3.08. The van der Waals surface area contributed by atoms with Crippen LogP contribution in [0.4, 0.5) is 0 Å². The Morgan fingerprint density at radius 2 is 2.29 bits per heavy atom. The molecule has 0 bridgehead atoms. The van der Waals surface area contributed by atoms with Crippen LogP contribution in [0, 0.1) is 0 Å². The molecule has 14 heavy (non-hydrogen) atoms. The number of aryl methyl sites for hydroxylation is 1. The van der Waals surface area contributed by atoms with E-state index < -0.39 is 0 Å². The third-order valence-corrected chi connectivity index (χ3v) is 3.08. The SMILES string of the molecule is CCc1ccc(OC)c2c1C(N)CC2. The van der Waals surface area contributed by atoms with Gasteiger partial charge in [-0.05, 0) is 42.0 Å². The van der Waals surface area contributed by atoms with Gasteiger partial charge < -0.3 is 10.5 Å². The van der Waals surface area contributed by atoms with E-state index in [0.29, 0.717) is 0 Å². The molecule has 0 aromatic heterocycles. The molecular formula is C12H17NO. The van der Waals surface area contributed by atoms with E-state index in [-0.39, 0.29) is 6.04 Å². The average Bonchev–Trinajstić information content (AvgIpc) is 2.60. The van der Waals surface area contributed by atoms with Crippen molar-refractivity contribution in [3.05, 3.63) is 28.8 Å². The Labute approximate surface area is 85.1 Å². The van der Waals surface area contributed by atoms with Crippen LogP contribution in [0.3, 0.4) is 0 Å². The van der Waals surface area contributed by atoms with Crippen molar-refractivity contribution in [2.24, 2.45) is 5.73 Å². The molecule has 0 heterocycles. The van der Waals surface area contributed by atoms with Gasteiger partial charge in [0.1, 0.15) is 5.75 Å². The van der Waals surface area contributed by atoms with Crippen LogP contribution in [-0.2, 0) is 12.8 Å². The summed E-state index contributed by atoms with van der Waals surface area (Å²) in [6.07, 6.45) is 3.18. The van der Waals surface area contributed by atoms with Gasteiger partial charge in [0.2, 0.25) is 0 Å². The minimum Gasteiger partial charge on any atom is -0.496 e. The van der Waals surface area contributed by atoms with E-state index in [4.69, 9.17) is 10.5 Å². The van der Waals surface area contributed by atoms with Crippen molar-refractivity contribution in [1.82, 2.24) is 0 Å². The average molecular weight is 191 g/mol. The van der Waals surface area contributed by atoms with Gasteiger partial charge in [-0.1, -0.05) is 13.0 Å². The highest BCUT2D eigenvalue weighted by Gasteiger charge is 2.24. The summed E-state index contributed by atoms with van der Waals surface area (Å²) in [5.74, 6) is 1.00. The summed E-state index contributed by atoms with van der Waals surface area (Å²) in [6.45, 7) is 2.17. The summed E-state index contributed by atoms with van der Waals surface area (Å²) in [7, 11) is 1.73. The topological polar surface area (TPSA) is 35.2 Å². The molecule has 1 unspecified atom stereocenters. The summed E-state index contributed by atoms with van der Waals surface area (Å²) < 4.78 is 5.35. The smallest absolute Gasteiger partial charge is 0.122 e. The van der Waals surface area contributed by atoms with E-state index in [2.05, 4.69) is 19.1 Å². The zero-order valence-electron chi connectivity index (χ0n) is 8.84. The fourth-order valence-corrected chi connectivity index (χ4v) is 2.36. The number of hydrogen-bond donors (Lipinski definition) is 1. The molecule has 1 aliphatic carbocycles. The number of rotatable bonds is 2. The van der Waals surface area contributed by atoms with Gasteiger partial charge in [0.25, 0.3) is 0 Å². The molecule has 0 saturated heterocycles. The lowest BCUT2D eigenvalue weighted by molar-refractivity contribution is 0.410. The van der Waals surface area contributed by atoms with E-state index >= 15 is 0 Å². The summed E-state index contributed by atoms with van der Waals surface area (Å²) in [5, 5.41) is 0. The Morgan fingerprint density at radius 1 is 1.50 bits per heavy atom. The second kappa shape index (κ2) is 3.62. The first-order valence-electron chi connectivity index (χ1n) is 5.22. The van der Waals surface area contributed by atoms with Crippen LogP contribution in [0.2, 0.25) is 0 Å². The van der Waals surface area contributed by atoms with Gasteiger partial charge in [-0.25, -0.2) is 0 Å². The Hall–Kier alpha value is -1.02. The highest BCUT2D eigenvalue weighted by atomic mass is 16.5. The molecular weight excluding hydrogens is 174 g/mol. The van der Waals surface area contributed by atoms with Crippen LogP contribution in [0.15, 0.2) is 12.1 Å². The van der Waals surface area contributed by atoms with Crippen molar-refractivity contribution in [1.29, 1.82) is 0 Å². The first-order valence-corrected chi connectivity index (χ1v) is 5.22. The second-order valence-electron chi connectivity index (χ2n) is 3.82. The number of methoxy groups -OCH3 is 1. The lowest BCUT2D eigenvalue weighted by atomic mass is 9.98. The zero-order chi connectivity index (χ0) is 10.1. The first kappa shape index (κ1) is 9.53. The van der Waals surface area contributed by atoms with Gasteiger partial charge in [0, 0.05) is 6.04 Å². The standard InChI is InChI=1S/C12H17NO/c1-3-8-4-7-11(14-2)9-5-6-10(13)12(8)9/h4,7,10H,3,5-6,13H2,1-2H3. The first-order chi connectivity index (χ1) is 6.77. The fraction of sp³-hybridized carbons (Fsp3) is 0.500. The molecule has 0 radical (unpaired) electrons. The third kappa shape index (κ3) is 1.30. The molecule has 76 valence electrons. The summed E-state index contributed by atoms with van der Waals surface area (Å²) in [4.78, 5) is 0. The molecule has 2 heteroatoms. The Balaban J connectivity index is 2.56. The van der Waals surface area contributed by atoms with Gasteiger partial charge in [0.15, 0.2) is 0 Å². The molecule has 2 N–H and O–H groups in total. The molecule has 0 saturated carbocycles. The normalized spacial score (nSPS) is 19.5. The quantitative estimate of drug-likeness (QED) is 0.777. The molecule has 1 atom stereocenters. The van der Waals surface area contributed by atoms with E-state index in [0.717, 1.165) is 25.0 Å². The van der Waals surface area contributed by atoms with Crippen LogP contribution >= 0.6 is 0 Å². The van der Waals surface area contributed by atoms with Crippen molar-refractivity contribution in [3.63, 3.8) is 0 Å². The highest BCUT2D eigenvalue weighted by molar-refractivity contribution is 5.49. The van der Waals surface area contributed by atoms with Crippen molar-refractivity contribution in [2.75, 3.05) is 7.11 Å². The molecule has 0 fully saturated rings. The second-order valence-corrected chi connectivity index (χ2v) is 3.82. The molecule has 0 aliphatic heterocycles. The van der Waals surface area contributed by atoms with Crippen molar-refractivity contribution >= 4 is 0 Å². The van der Waals surface area contributed by atoms with E-state index in [9.17, 15) is 0 Å². The lowest BCUT2D eigenvalue weighted by Crippen LogP contribution is -2.08. The zero-order valence-corrected chi connectivity index (χ0v) is 8.84. The van der Waals surface area contributed by atoms with Gasteiger partial charge in [-0.2, -0.15) is 0 Å². The number of fused-ring (bicyclic) bond motifs is 1. The minimum atomic E-state index is 0.218. The van der Waals surface area contributed by atoms with Gasteiger partial charge in [-0.15, -0.1) is 0 Å². The Morgan fingerprint density at radius 3 is 2.93 bits per heavy atom. The molecule has 1 aromatic carbocycles. The van der Waals surface area contributed by atoms with Crippen molar-refractivity contribution in [2.45, 2.75) is 32.2 Å². The lowest BCUT2D eigenvalue weighted by Gasteiger charge is -2.13. The maximum absolute atomic E-state index is 6.09. The predicted octanol–water partition coefficient (Wildman–Crippen LogP) is 2.20. The molecule has 1 aliphatic rings. The van der Waals surface area contributed by atoms with Crippen LogP contribution in [0.25, 0.3) is 0 Å². The van der Waals surface area contributed by atoms with E-state index in [1.165, 1.54) is 16.7 Å². The van der Waals surface area contributed by atoms with Crippen LogP contribution in [-0.4, -0.2) is 7.11 Å². The number of benzene rings is 1. The Kier molecular flexibility index (Phi) is 2.46. The number of nitrogens with two attached hydrogens (primary N) is 1. The maximum Gasteiger partial charge on any atom is 0.122 e. The van der Waals surface area contributed by atoms with Gasteiger partial charge >= 0.3 is 0 Å². The minimum absolute atomic E-state index is 0.218.